The number of carbonyl (C=O) groups is 1. The number of ether oxygens (including phenoxy) is 2. The summed E-state index contributed by atoms with van der Waals surface area (Å²) in [5.74, 6) is 1.22. The van der Waals surface area contributed by atoms with Gasteiger partial charge in [0, 0.05) is 12.1 Å². The molecule has 4 rings (SSSR count). The minimum Gasteiger partial charge on any atom is -0.497 e. The molecule has 4 aromatic rings. The van der Waals surface area contributed by atoms with E-state index in [1.54, 1.807) is 50.4 Å². The number of rotatable bonds is 8. The number of benzene rings is 3. The van der Waals surface area contributed by atoms with E-state index in [-0.39, 0.29) is 17.7 Å². The molecule has 0 radical (unpaired) electrons. The van der Waals surface area contributed by atoms with Gasteiger partial charge >= 0.3 is 0 Å². The Bertz CT molecular complexity index is 1210. The predicted molar refractivity (Wildman–Crippen MR) is 123 cm³/mol. The van der Waals surface area contributed by atoms with E-state index in [9.17, 15) is 9.18 Å². The molecule has 1 unspecified atom stereocenters. The first-order valence-corrected chi connectivity index (χ1v) is 10.4. The van der Waals surface area contributed by atoms with Crippen LogP contribution in [0.25, 0.3) is 11.4 Å². The van der Waals surface area contributed by atoms with Gasteiger partial charge in [-0.15, -0.1) is 5.10 Å². The lowest BCUT2D eigenvalue weighted by atomic mass is 10.2. The average Bonchev–Trinajstić information content (AvgIpc) is 3.28. The van der Waals surface area contributed by atoms with E-state index >= 15 is 0 Å². The van der Waals surface area contributed by atoms with E-state index in [2.05, 4.69) is 15.4 Å². The Morgan fingerprint density at radius 1 is 1.00 bits per heavy atom. The van der Waals surface area contributed by atoms with Crippen molar-refractivity contribution in [2.75, 3.05) is 12.4 Å². The van der Waals surface area contributed by atoms with Crippen LogP contribution in [-0.4, -0.2) is 33.9 Å². The fourth-order valence-corrected chi connectivity index (χ4v) is 3.15. The number of para-hydroxylation sites is 1. The third-order valence-electron chi connectivity index (χ3n) is 4.93. The molecule has 7 nitrogen and oxygen atoms in total. The van der Waals surface area contributed by atoms with E-state index in [0.717, 1.165) is 11.1 Å². The molecule has 0 saturated carbocycles. The summed E-state index contributed by atoms with van der Waals surface area (Å²) < 4.78 is 25.4. The summed E-state index contributed by atoms with van der Waals surface area (Å²) in [4.78, 5) is 17.7. The first-order chi connectivity index (χ1) is 16.0. The molecule has 0 aliphatic carbocycles. The molecule has 1 atom stereocenters. The summed E-state index contributed by atoms with van der Waals surface area (Å²) >= 11 is 0. The van der Waals surface area contributed by atoms with E-state index in [1.807, 2.05) is 30.3 Å². The largest absolute Gasteiger partial charge is 0.497 e. The van der Waals surface area contributed by atoms with Gasteiger partial charge in [-0.05, 0) is 61.0 Å². The van der Waals surface area contributed by atoms with Crippen molar-refractivity contribution >= 4 is 11.9 Å². The molecule has 1 heterocycles. The van der Waals surface area contributed by atoms with Gasteiger partial charge in [0.1, 0.15) is 17.3 Å². The molecule has 0 aliphatic heterocycles. The molecule has 168 valence electrons. The smallest absolute Gasteiger partial charge is 0.290 e. The van der Waals surface area contributed by atoms with Crippen molar-refractivity contribution < 1.29 is 18.7 Å². The van der Waals surface area contributed by atoms with Crippen LogP contribution in [0.3, 0.4) is 0 Å². The molecule has 0 aliphatic rings. The zero-order valence-electron chi connectivity index (χ0n) is 18.2. The lowest BCUT2D eigenvalue weighted by Gasteiger charge is -2.14. The van der Waals surface area contributed by atoms with Crippen molar-refractivity contribution in [1.29, 1.82) is 0 Å². The van der Waals surface area contributed by atoms with Gasteiger partial charge in [0.05, 0.1) is 7.11 Å². The van der Waals surface area contributed by atoms with Gasteiger partial charge in [-0.2, -0.15) is 9.67 Å². The third-order valence-corrected chi connectivity index (χ3v) is 4.93. The number of hydrogen-bond donors (Lipinski definition) is 1. The number of methoxy groups -OCH3 is 1. The summed E-state index contributed by atoms with van der Waals surface area (Å²) in [6, 6.07) is 22.4. The quantitative estimate of drug-likeness (QED) is 0.418. The molecule has 1 aromatic heterocycles. The van der Waals surface area contributed by atoms with E-state index < -0.39 is 6.10 Å². The Morgan fingerprint density at radius 3 is 2.36 bits per heavy atom. The zero-order valence-corrected chi connectivity index (χ0v) is 18.2. The molecule has 0 spiro atoms. The van der Waals surface area contributed by atoms with Crippen LogP contribution in [0.2, 0.25) is 0 Å². The highest BCUT2D eigenvalue weighted by molar-refractivity contribution is 5.85. The predicted octanol–water partition coefficient (Wildman–Crippen LogP) is 4.81. The van der Waals surface area contributed by atoms with Crippen LogP contribution in [0.4, 0.5) is 10.3 Å². The number of hydrogen-bond acceptors (Lipinski definition) is 6. The summed E-state index contributed by atoms with van der Waals surface area (Å²) in [5.41, 5.74) is 1.56. The first-order valence-electron chi connectivity index (χ1n) is 10.4. The lowest BCUT2D eigenvalue weighted by Crippen LogP contribution is -2.31. The first kappa shape index (κ1) is 22.0. The molecular weight excluding hydrogens is 423 g/mol. The van der Waals surface area contributed by atoms with Crippen molar-refractivity contribution in [3.05, 3.63) is 90.2 Å². The minimum atomic E-state index is -0.802. The van der Waals surface area contributed by atoms with Gasteiger partial charge in [-0.3, -0.25) is 4.79 Å². The molecule has 0 saturated heterocycles. The van der Waals surface area contributed by atoms with Crippen molar-refractivity contribution in [3.63, 3.8) is 0 Å². The zero-order chi connectivity index (χ0) is 23.2. The van der Waals surface area contributed by atoms with Crippen LogP contribution in [-0.2, 0) is 6.54 Å². The van der Waals surface area contributed by atoms with Gasteiger partial charge < -0.3 is 14.8 Å². The second-order valence-corrected chi connectivity index (χ2v) is 7.29. The van der Waals surface area contributed by atoms with Gasteiger partial charge in [0.15, 0.2) is 11.9 Å². The Balaban J connectivity index is 1.61. The Kier molecular flexibility index (Phi) is 6.64. The molecule has 0 amide bonds. The standard InChI is InChI=1S/C25H23FN4O3/c1-17(33-22-6-4-3-5-7-22)24(31)30-25(27-16-18-8-12-20(26)13-9-18)28-23(29-30)19-10-14-21(32-2)15-11-19/h3-15,17H,16H2,1-2H3,(H,27,28,29). The third kappa shape index (κ3) is 5.35. The van der Waals surface area contributed by atoms with E-state index in [1.165, 1.54) is 16.8 Å². The second kappa shape index (κ2) is 9.95. The summed E-state index contributed by atoms with van der Waals surface area (Å²) in [6.07, 6.45) is -0.802. The molecule has 33 heavy (non-hydrogen) atoms. The maximum atomic E-state index is 13.2. The number of nitrogens with one attached hydrogen (secondary N) is 1. The maximum Gasteiger partial charge on any atom is 0.290 e. The molecule has 1 N–H and O–H groups in total. The van der Waals surface area contributed by atoms with Crippen LogP contribution in [0.1, 0.15) is 17.3 Å². The van der Waals surface area contributed by atoms with Crippen LogP contribution in [0.5, 0.6) is 11.5 Å². The molecule has 3 aromatic carbocycles. The highest BCUT2D eigenvalue weighted by Crippen LogP contribution is 2.22. The monoisotopic (exact) mass is 446 g/mol. The highest BCUT2D eigenvalue weighted by atomic mass is 19.1. The van der Waals surface area contributed by atoms with Gasteiger partial charge in [0.25, 0.3) is 5.91 Å². The fourth-order valence-electron chi connectivity index (χ4n) is 3.15. The number of carbonyl (C=O) groups excluding carboxylic acids is 1. The maximum absolute atomic E-state index is 13.2. The Hall–Kier alpha value is -4.20. The minimum absolute atomic E-state index is 0.263. The van der Waals surface area contributed by atoms with Gasteiger partial charge in [0.2, 0.25) is 5.95 Å². The van der Waals surface area contributed by atoms with Crippen molar-refractivity contribution in [3.8, 4) is 22.9 Å². The van der Waals surface area contributed by atoms with Gasteiger partial charge in [-0.25, -0.2) is 4.39 Å². The normalized spacial score (nSPS) is 11.6. The number of aromatic nitrogens is 3. The SMILES string of the molecule is COc1ccc(-c2nc(NCc3ccc(F)cc3)n(C(=O)C(C)Oc3ccccc3)n2)cc1. The van der Waals surface area contributed by atoms with Crippen LogP contribution >= 0.6 is 0 Å². The Labute approximate surface area is 190 Å². The molecule has 0 fully saturated rings. The highest BCUT2D eigenvalue weighted by Gasteiger charge is 2.23. The Morgan fingerprint density at radius 2 is 1.70 bits per heavy atom. The molecule has 8 heteroatoms. The van der Waals surface area contributed by atoms with Crippen LogP contribution in [0, 0.1) is 5.82 Å². The van der Waals surface area contributed by atoms with Crippen molar-refractivity contribution in [2.24, 2.45) is 0 Å². The summed E-state index contributed by atoms with van der Waals surface area (Å²) in [6.45, 7) is 2.00. The number of halogens is 1. The second-order valence-electron chi connectivity index (χ2n) is 7.29. The van der Waals surface area contributed by atoms with Crippen LogP contribution < -0.4 is 14.8 Å². The van der Waals surface area contributed by atoms with Crippen molar-refractivity contribution in [1.82, 2.24) is 14.8 Å². The average molecular weight is 446 g/mol. The van der Waals surface area contributed by atoms with E-state index in [4.69, 9.17) is 9.47 Å². The topological polar surface area (TPSA) is 78.3 Å². The number of nitrogens with zero attached hydrogens (tertiary/aromatic N) is 3. The molecule has 0 bridgehead atoms. The van der Waals surface area contributed by atoms with E-state index in [0.29, 0.717) is 23.9 Å². The molecular formula is C25H23FN4O3. The fraction of sp³-hybridized carbons (Fsp3) is 0.160. The van der Waals surface area contributed by atoms with Crippen molar-refractivity contribution in [2.45, 2.75) is 19.6 Å². The lowest BCUT2D eigenvalue weighted by molar-refractivity contribution is 0.0713. The number of anilines is 1. The summed E-state index contributed by atoms with van der Waals surface area (Å²) in [5, 5.41) is 7.56. The van der Waals surface area contributed by atoms with Crippen LogP contribution in [0.15, 0.2) is 78.9 Å². The summed E-state index contributed by atoms with van der Waals surface area (Å²) in [7, 11) is 1.59. The van der Waals surface area contributed by atoms with Gasteiger partial charge in [-0.1, -0.05) is 30.3 Å².